The summed E-state index contributed by atoms with van der Waals surface area (Å²) in [5.41, 5.74) is -0.276. The zero-order chi connectivity index (χ0) is 14.3. The Kier molecular flexibility index (Phi) is 6.32. The monoisotopic (exact) mass is 269 g/mol. The van der Waals surface area contributed by atoms with E-state index in [2.05, 4.69) is 6.92 Å². The van der Waals surface area contributed by atoms with Crippen LogP contribution in [0.2, 0.25) is 0 Å². The van der Waals surface area contributed by atoms with Crippen LogP contribution in [0.4, 0.5) is 0 Å². The molecule has 0 heterocycles. The van der Waals surface area contributed by atoms with E-state index in [0.29, 0.717) is 6.42 Å². The number of unbranched alkanes of at least 4 members (excludes halogenated alkanes) is 2. The van der Waals surface area contributed by atoms with E-state index in [-0.39, 0.29) is 17.7 Å². The average Bonchev–Trinajstić information content (AvgIpc) is 2.76. The summed E-state index contributed by atoms with van der Waals surface area (Å²) in [6.45, 7) is 2.93. The molecule has 1 fully saturated rings. The highest BCUT2D eigenvalue weighted by Gasteiger charge is 2.38. The molecule has 1 rings (SSSR count). The van der Waals surface area contributed by atoms with Crippen molar-refractivity contribution in [1.82, 2.24) is 4.90 Å². The number of nitrogens with zero attached hydrogens (tertiary/aromatic N) is 1. The van der Waals surface area contributed by atoms with Gasteiger partial charge in [0, 0.05) is 20.0 Å². The van der Waals surface area contributed by atoms with Crippen molar-refractivity contribution in [2.45, 2.75) is 64.7 Å². The Hall–Kier alpha value is -1.06. The first-order valence-electron chi connectivity index (χ1n) is 7.45. The summed E-state index contributed by atoms with van der Waals surface area (Å²) in [6.07, 6.45) is 7.74. The number of amides is 1. The second kappa shape index (κ2) is 7.51. The summed E-state index contributed by atoms with van der Waals surface area (Å²) in [7, 11) is 1.83. The fraction of sp³-hybridized carbons (Fsp3) is 0.867. The van der Waals surface area contributed by atoms with E-state index in [0.717, 1.165) is 51.5 Å². The topological polar surface area (TPSA) is 57.6 Å². The van der Waals surface area contributed by atoms with Crippen molar-refractivity contribution in [2.24, 2.45) is 5.41 Å². The second-order valence-electron chi connectivity index (χ2n) is 5.98. The quantitative estimate of drug-likeness (QED) is 0.689. The molecule has 4 heteroatoms. The van der Waals surface area contributed by atoms with E-state index in [1.165, 1.54) is 0 Å². The number of carboxylic acids is 1. The van der Waals surface area contributed by atoms with Crippen LogP contribution in [0.1, 0.15) is 64.7 Å². The van der Waals surface area contributed by atoms with E-state index in [1.807, 2.05) is 7.05 Å². The van der Waals surface area contributed by atoms with E-state index >= 15 is 0 Å². The van der Waals surface area contributed by atoms with E-state index in [9.17, 15) is 9.59 Å². The Bertz CT molecular complexity index is 309. The zero-order valence-electron chi connectivity index (χ0n) is 12.3. The molecule has 1 aliphatic rings. The van der Waals surface area contributed by atoms with E-state index < -0.39 is 5.97 Å². The molecule has 0 saturated heterocycles. The molecule has 19 heavy (non-hydrogen) atoms. The van der Waals surface area contributed by atoms with Crippen LogP contribution in [-0.2, 0) is 9.59 Å². The van der Waals surface area contributed by atoms with Crippen molar-refractivity contribution in [1.29, 1.82) is 0 Å². The number of carboxylic acid groups (broad SMARTS) is 1. The predicted molar refractivity (Wildman–Crippen MR) is 74.9 cm³/mol. The molecule has 110 valence electrons. The maximum Gasteiger partial charge on any atom is 0.303 e. The minimum atomic E-state index is -0.775. The molecule has 0 aromatic heterocycles. The van der Waals surface area contributed by atoms with Crippen LogP contribution in [-0.4, -0.2) is 35.5 Å². The van der Waals surface area contributed by atoms with Crippen molar-refractivity contribution in [3.8, 4) is 0 Å². The fourth-order valence-corrected chi connectivity index (χ4v) is 3.04. The summed E-state index contributed by atoms with van der Waals surface area (Å²) in [5.74, 6) is -0.664. The maximum absolute atomic E-state index is 12.2. The summed E-state index contributed by atoms with van der Waals surface area (Å²) in [5, 5.41) is 9.04. The van der Waals surface area contributed by atoms with Gasteiger partial charge in [-0.1, -0.05) is 32.6 Å². The molecule has 1 N–H and O–H groups in total. The molecule has 1 saturated carbocycles. The number of rotatable bonds is 8. The van der Waals surface area contributed by atoms with Gasteiger partial charge in [-0.15, -0.1) is 0 Å². The van der Waals surface area contributed by atoms with Crippen molar-refractivity contribution in [2.75, 3.05) is 13.6 Å². The molecule has 0 aromatic carbocycles. The van der Waals surface area contributed by atoms with Crippen LogP contribution >= 0.6 is 0 Å². The third-order valence-electron chi connectivity index (χ3n) is 4.24. The van der Waals surface area contributed by atoms with Crippen molar-refractivity contribution < 1.29 is 14.7 Å². The number of aliphatic carboxylic acids is 1. The minimum Gasteiger partial charge on any atom is -0.481 e. The van der Waals surface area contributed by atoms with Gasteiger partial charge >= 0.3 is 5.97 Å². The zero-order valence-corrected chi connectivity index (χ0v) is 12.3. The highest BCUT2D eigenvalue weighted by Crippen LogP contribution is 2.44. The van der Waals surface area contributed by atoms with Crippen LogP contribution in [0.3, 0.4) is 0 Å². The normalized spacial score (nSPS) is 17.4. The van der Waals surface area contributed by atoms with Gasteiger partial charge in [0.2, 0.25) is 5.91 Å². The average molecular weight is 269 g/mol. The molecule has 0 aliphatic heterocycles. The van der Waals surface area contributed by atoms with Gasteiger partial charge in [-0.3, -0.25) is 9.59 Å². The van der Waals surface area contributed by atoms with Gasteiger partial charge in [0.15, 0.2) is 0 Å². The highest BCUT2D eigenvalue weighted by atomic mass is 16.4. The first-order valence-corrected chi connectivity index (χ1v) is 7.45. The van der Waals surface area contributed by atoms with Gasteiger partial charge in [0.05, 0.1) is 6.42 Å². The van der Waals surface area contributed by atoms with Crippen LogP contribution in [0.5, 0.6) is 0 Å². The third-order valence-corrected chi connectivity index (χ3v) is 4.24. The van der Waals surface area contributed by atoms with Crippen LogP contribution < -0.4 is 0 Å². The minimum absolute atomic E-state index is 0.110. The molecular formula is C15H27NO3. The van der Waals surface area contributed by atoms with Gasteiger partial charge < -0.3 is 10.0 Å². The first-order chi connectivity index (χ1) is 8.99. The molecule has 0 bridgehead atoms. The molecule has 1 aliphatic carbocycles. The smallest absolute Gasteiger partial charge is 0.303 e. The summed E-state index contributed by atoms with van der Waals surface area (Å²) in [4.78, 5) is 25.0. The Morgan fingerprint density at radius 3 is 2.32 bits per heavy atom. The van der Waals surface area contributed by atoms with Gasteiger partial charge in [-0.05, 0) is 24.7 Å². The van der Waals surface area contributed by atoms with Crippen molar-refractivity contribution in [3.63, 3.8) is 0 Å². The van der Waals surface area contributed by atoms with Crippen LogP contribution in [0, 0.1) is 5.41 Å². The molecule has 0 unspecified atom stereocenters. The SMILES string of the molecule is CCCCCN(C)C(=O)CC1(CC(=O)O)CCCC1. The molecule has 4 nitrogen and oxygen atoms in total. The largest absolute Gasteiger partial charge is 0.481 e. The number of hydrogen-bond acceptors (Lipinski definition) is 2. The maximum atomic E-state index is 12.2. The lowest BCUT2D eigenvalue weighted by molar-refractivity contribution is -0.141. The van der Waals surface area contributed by atoms with E-state index in [1.54, 1.807) is 4.90 Å². The molecule has 1 amide bonds. The molecule has 0 radical (unpaired) electrons. The Morgan fingerprint density at radius 2 is 1.79 bits per heavy atom. The van der Waals surface area contributed by atoms with Gasteiger partial charge in [0.25, 0.3) is 0 Å². The summed E-state index contributed by atoms with van der Waals surface area (Å²) in [6, 6.07) is 0. The van der Waals surface area contributed by atoms with Crippen LogP contribution in [0.25, 0.3) is 0 Å². The van der Waals surface area contributed by atoms with Crippen LogP contribution in [0.15, 0.2) is 0 Å². The Balaban J connectivity index is 2.49. The first kappa shape index (κ1) is 16.0. The number of carbonyl (C=O) groups excluding carboxylic acids is 1. The third kappa shape index (κ3) is 5.21. The standard InChI is InChI=1S/C15H27NO3/c1-3-4-7-10-16(2)13(17)11-15(12-14(18)19)8-5-6-9-15/h3-12H2,1-2H3,(H,18,19). The summed E-state index contributed by atoms with van der Waals surface area (Å²) < 4.78 is 0. The van der Waals surface area contributed by atoms with Gasteiger partial charge in [-0.2, -0.15) is 0 Å². The lowest BCUT2D eigenvalue weighted by Gasteiger charge is -2.29. The lowest BCUT2D eigenvalue weighted by Crippen LogP contribution is -2.34. The Morgan fingerprint density at radius 1 is 1.16 bits per heavy atom. The number of carbonyl (C=O) groups is 2. The fourth-order valence-electron chi connectivity index (χ4n) is 3.04. The van der Waals surface area contributed by atoms with E-state index in [4.69, 9.17) is 5.11 Å². The molecular weight excluding hydrogens is 242 g/mol. The summed E-state index contributed by atoms with van der Waals surface area (Å²) >= 11 is 0. The molecule has 0 spiro atoms. The predicted octanol–water partition coefficient (Wildman–Crippen LogP) is 3.06. The highest BCUT2D eigenvalue weighted by molar-refractivity contribution is 5.78. The second-order valence-corrected chi connectivity index (χ2v) is 5.98. The molecule has 0 aromatic rings. The van der Waals surface area contributed by atoms with Crippen molar-refractivity contribution >= 4 is 11.9 Å². The van der Waals surface area contributed by atoms with Gasteiger partial charge in [-0.25, -0.2) is 0 Å². The Labute approximate surface area is 116 Å². The van der Waals surface area contributed by atoms with Crippen molar-refractivity contribution in [3.05, 3.63) is 0 Å². The lowest BCUT2D eigenvalue weighted by atomic mass is 9.79. The number of hydrogen-bond donors (Lipinski definition) is 1. The van der Waals surface area contributed by atoms with Gasteiger partial charge in [0.1, 0.15) is 0 Å². The molecule has 0 atom stereocenters.